The van der Waals surface area contributed by atoms with E-state index in [4.69, 9.17) is 0 Å². The van der Waals surface area contributed by atoms with Crippen molar-refractivity contribution < 1.29 is 9.59 Å². The average molecular weight is 350 g/mol. The van der Waals surface area contributed by atoms with Crippen molar-refractivity contribution >= 4 is 11.8 Å². The molecule has 0 radical (unpaired) electrons. The van der Waals surface area contributed by atoms with Gasteiger partial charge in [-0.05, 0) is 36.5 Å². The SMILES string of the molecule is CC1CCCCC1NC(=O)C(NC(=O)c1ccccc1)c1ccccc1. The molecule has 1 saturated carbocycles. The van der Waals surface area contributed by atoms with Gasteiger partial charge in [-0.25, -0.2) is 0 Å². The lowest BCUT2D eigenvalue weighted by atomic mass is 9.85. The maximum absolute atomic E-state index is 13.0. The van der Waals surface area contributed by atoms with Crippen LogP contribution < -0.4 is 10.6 Å². The molecule has 0 heterocycles. The number of hydrogen-bond donors (Lipinski definition) is 2. The molecular formula is C22H26N2O2. The highest BCUT2D eigenvalue weighted by Crippen LogP contribution is 2.24. The molecule has 0 aliphatic heterocycles. The van der Waals surface area contributed by atoms with E-state index < -0.39 is 6.04 Å². The van der Waals surface area contributed by atoms with Crippen molar-refractivity contribution in [2.24, 2.45) is 5.92 Å². The zero-order chi connectivity index (χ0) is 18.4. The summed E-state index contributed by atoms with van der Waals surface area (Å²) in [5.74, 6) is 0.0828. The Balaban J connectivity index is 1.77. The molecule has 1 aliphatic carbocycles. The predicted octanol–water partition coefficient (Wildman–Crippen LogP) is 3.85. The van der Waals surface area contributed by atoms with E-state index in [-0.39, 0.29) is 17.9 Å². The zero-order valence-electron chi connectivity index (χ0n) is 15.2. The topological polar surface area (TPSA) is 58.2 Å². The molecule has 2 aromatic rings. The molecule has 3 rings (SSSR count). The Morgan fingerprint density at radius 3 is 2.19 bits per heavy atom. The molecule has 0 spiro atoms. The van der Waals surface area contributed by atoms with Crippen molar-refractivity contribution in [2.45, 2.75) is 44.7 Å². The highest BCUT2D eigenvalue weighted by molar-refractivity contribution is 5.97. The summed E-state index contributed by atoms with van der Waals surface area (Å²) >= 11 is 0. The number of carbonyl (C=O) groups excluding carboxylic acids is 2. The van der Waals surface area contributed by atoms with Gasteiger partial charge >= 0.3 is 0 Å². The zero-order valence-corrected chi connectivity index (χ0v) is 15.2. The van der Waals surface area contributed by atoms with E-state index in [1.54, 1.807) is 12.1 Å². The number of carbonyl (C=O) groups is 2. The molecule has 2 N–H and O–H groups in total. The molecular weight excluding hydrogens is 324 g/mol. The summed E-state index contributed by atoms with van der Waals surface area (Å²) in [4.78, 5) is 25.6. The molecule has 136 valence electrons. The Kier molecular flexibility index (Phi) is 6.05. The molecule has 2 aromatic carbocycles. The van der Waals surface area contributed by atoms with E-state index in [0.717, 1.165) is 24.8 Å². The highest BCUT2D eigenvalue weighted by atomic mass is 16.2. The third kappa shape index (κ3) is 4.51. The number of amides is 2. The van der Waals surface area contributed by atoms with Crippen LogP contribution in [0.3, 0.4) is 0 Å². The highest BCUT2D eigenvalue weighted by Gasteiger charge is 2.28. The minimum absolute atomic E-state index is 0.140. The van der Waals surface area contributed by atoms with Crippen molar-refractivity contribution in [3.05, 3.63) is 71.8 Å². The Morgan fingerprint density at radius 1 is 0.923 bits per heavy atom. The monoisotopic (exact) mass is 350 g/mol. The number of nitrogens with one attached hydrogen (secondary N) is 2. The first-order chi connectivity index (χ1) is 12.6. The molecule has 26 heavy (non-hydrogen) atoms. The first-order valence-electron chi connectivity index (χ1n) is 9.36. The Hall–Kier alpha value is -2.62. The molecule has 0 saturated heterocycles. The van der Waals surface area contributed by atoms with Gasteiger partial charge in [-0.3, -0.25) is 9.59 Å². The van der Waals surface area contributed by atoms with Crippen LogP contribution in [-0.2, 0) is 4.79 Å². The summed E-state index contributed by atoms with van der Waals surface area (Å²) in [5.41, 5.74) is 1.34. The molecule has 0 bridgehead atoms. The second kappa shape index (κ2) is 8.65. The van der Waals surface area contributed by atoms with Crippen LogP contribution in [0.5, 0.6) is 0 Å². The van der Waals surface area contributed by atoms with Gasteiger partial charge in [0.2, 0.25) is 5.91 Å². The van der Waals surface area contributed by atoms with Crippen LogP contribution in [0.1, 0.15) is 54.6 Å². The summed E-state index contributed by atoms with van der Waals surface area (Å²) in [7, 11) is 0. The fraction of sp³-hybridized carbons (Fsp3) is 0.364. The number of hydrogen-bond acceptors (Lipinski definition) is 2. The predicted molar refractivity (Wildman–Crippen MR) is 103 cm³/mol. The van der Waals surface area contributed by atoms with Crippen molar-refractivity contribution in [1.82, 2.24) is 10.6 Å². The fourth-order valence-electron chi connectivity index (χ4n) is 3.55. The van der Waals surface area contributed by atoms with Crippen LogP contribution in [0, 0.1) is 5.92 Å². The fourth-order valence-corrected chi connectivity index (χ4v) is 3.55. The summed E-state index contributed by atoms with van der Waals surface area (Å²) in [6, 6.07) is 17.9. The van der Waals surface area contributed by atoms with Crippen molar-refractivity contribution in [3.8, 4) is 0 Å². The summed E-state index contributed by atoms with van der Waals surface area (Å²) in [6.45, 7) is 2.18. The van der Waals surface area contributed by atoms with Crippen LogP contribution in [0.2, 0.25) is 0 Å². The van der Waals surface area contributed by atoms with Crippen LogP contribution in [0.15, 0.2) is 60.7 Å². The van der Waals surface area contributed by atoms with Gasteiger partial charge < -0.3 is 10.6 Å². The minimum atomic E-state index is -0.696. The maximum Gasteiger partial charge on any atom is 0.252 e. The molecule has 1 aliphatic rings. The van der Waals surface area contributed by atoms with Crippen LogP contribution in [-0.4, -0.2) is 17.9 Å². The molecule has 3 atom stereocenters. The van der Waals surface area contributed by atoms with Gasteiger partial charge in [-0.15, -0.1) is 0 Å². The van der Waals surface area contributed by atoms with Gasteiger partial charge in [0.15, 0.2) is 0 Å². The van der Waals surface area contributed by atoms with Gasteiger partial charge in [-0.1, -0.05) is 68.3 Å². The Bertz CT molecular complexity index is 730. The van der Waals surface area contributed by atoms with Crippen molar-refractivity contribution in [2.75, 3.05) is 0 Å². The van der Waals surface area contributed by atoms with Crippen molar-refractivity contribution in [1.29, 1.82) is 0 Å². The van der Waals surface area contributed by atoms with E-state index in [9.17, 15) is 9.59 Å². The van der Waals surface area contributed by atoms with Gasteiger partial charge in [0, 0.05) is 11.6 Å². The standard InChI is InChI=1S/C22H26N2O2/c1-16-10-8-9-15-19(16)23-22(26)20(17-11-4-2-5-12-17)24-21(25)18-13-6-3-7-14-18/h2-7,11-14,16,19-20H,8-10,15H2,1H3,(H,23,26)(H,24,25). The van der Waals surface area contributed by atoms with Gasteiger partial charge in [0.05, 0.1) is 0 Å². The normalized spacial score (nSPS) is 20.8. The van der Waals surface area contributed by atoms with Gasteiger partial charge in [0.25, 0.3) is 5.91 Å². The largest absolute Gasteiger partial charge is 0.351 e. The number of rotatable bonds is 5. The molecule has 2 amide bonds. The van der Waals surface area contributed by atoms with Gasteiger partial charge in [0.1, 0.15) is 6.04 Å². The molecule has 0 aromatic heterocycles. The smallest absolute Gasteiger partial charge is 0.252 e. The van der Waals surface area contributed by atoms with Gasteiger partial charge in [-0.2, -0.15) is 0 Å². The lowest BCUT2D eigenvalue weighted by molar-refractivity contribution is -0.124. The second-order valence-corrected chi connectivity index (χ2v) is 7.06. The summed E-state index contributed by atoms with van der Waals surface area (Å²) in [6.07, 6.45) is 4.50. The third-order valence-electron chi connectivity index (χ3n) is 5.15. The molecule has 3 unspecified atom stereocenters. The first-order valence-corrected chi connectivity index (χ1v) is 9.36. The van der Waals surface area contributed by atoms with E-state index in [2.05, 4.69) is 17.6 Å². The third-order valence-corrected chi connectivity index (χ3v) is 5.15. The van der Waals surface area contributed by atoms with Crippen LogP contribution in [0.25, 0.3) is 0 Å². The molecule has 4 heteroatoms. The molecule has 4 nitrogen and oxygen atoms in total. The van der Waals surface area contributed by atoms with Crippen LogP contribution >= 0.6 is 0 Å². The van der Waals surface area contributed by atoms with Crippen molar-refractivity contribution in [3.63, 3.8) is 0 Å². The van der Waals surface area contributed by atoms with E-state index in [0.29, 0.717) is 11.5 Å². The van der Waals surface area contributed by atoms with E-state index in [1.807, 2.05) is 48.5 Å². The molecule has 1 fully saturated rings. The lowest BCUT2D eigenvalue weighted by Gasteiger charge is -2.31. The van der Waals surface area contributed by atoms with E-state index in [1.165, 1.54) is 6.42 Å². The van der Waals surface area contributed by atoms with Crippen LogP contribution in [0.4, 0.5) is 0 Å². The minimum Gasteiger partial charge on any atom is -0.351 e. The Labute approximate surface area is 155 Å². The average Bonchev–Trinajstić information content (AvgIpc) is 2.69. The first kappa shape index (κ1) is 18.2. The summed E-state index contributed by atoms with van der Waals surface area (Å²) in [5, 5.41) is 6.07. The second-order valence-electron chi connectivity index (χ2n) is 7.06. The Morgan fingerprint density at radius 2 is 1.54 bits per heavy atom. The lowest BCUT2D eigenvalue weighted by Crippen LogP contribution is -2.47. The van der Waals surface area contributed by atoms with E-state index >= 15 is 0 Å². The maximum atomic E-state index is 13.0. The summed E-state index contributed by atoms with van der Waals surface area (Å²) < 4.78 is 0. The number of benzene rings is 2. The quantitative estimate of drug-likeness (QED) is 0.860.